The van der Waals surface area contributed by atoms with Gasteiger partial charge < -0.3 is 9.47 Å². The quantitative estimate of drug-likeness (QED) is 0.637. The standard InChI is InChI=1S/C12H22O3/c1-4-10(12(14-2)15-3)11(13)9-7-5-6-8-9/h9-10,12H,4-8H2,1-3H3. The van der Waals surface area contributed by atoms with E-state index in [2.05, 4.69) is 0 Å². The van der Waals surface area contributed by atoms with Crippen molar-refractivity contribution in [1.29, 1.82) is 0 Å². The maximum Gasteiger partial charge on any atom is 0.166 e. The van der Waals surface area contributed by atoms with Gasteiger partial charge in [-0.1, -0.05) is 19.8 Å². The van der Waals surface area contributed by atoms with Crippen LogP contribution in [-0.2, 0) is 14.3 Å². The van der Waals surface area contributed by atoms with E-state index in [4.69, 9.17) is 9.47 Å². The van der Waals surface area contributed by atoms with Crippen molar-refractivity contribution < 1.29 is 14.3 Å². The summed E-state index contributed by atoms with van der Waals surface area (Å²) in [5, 5.41) is 0. The van der Waals surface area contributed by atoms with Gasteiger partial charge in [-0.05, 0) is 19.3 Å². The monoisotopic (exact) mass is 214 g/mol. The van der Waals surface area contributed by atoms with Crippen molar-refractivity contribution >= 4 is 5.78 Å². The van der Waals surface area contributed by atoms with Crippen molar-refractivity contribution in [2.75, 3.05) is 14.2 Å². The van der Waals surface area contributed by atoms with Crippen LogP contribution in [0.15, 0.2) is 0 Å². The predicted octanol–water partition coefficient (Wildman–Crippen LogP) is 2.39. The van der Waals surface area contributed by atoms with Gasteiger partial charge in [0.15, 0.2) is 6.29 Å². The van der Waals surface area contributed by atoms with E-state index in [9.17, 15) is 4.79 Å². The molecule has 0 spiro atoms. The first-order valence-electron chi connectivity index (χ1n) is 5.83. The first-order valence-corrected chi connectivity index (χ1v) is 5.83. The highest BCUT2D eigenvalue weighted by Crippen LogP contribution is 2.30. The number of ketones is 1. The van der Waals surface area contributed by atoms with Gasteiger partial charge in [0.25, 0.3) is 0 Å². The molecule has 1 saturated carbocycles. The average Bonchev–Trinajstić information content (AvgIpc) is 2.78. The number of carbonyl (C=O) groups is 1. The molecule has 15 heavy (non-hydrogen) atoms. The van der Waals surface area contributed by atoms with Gasteiger partial charge in [-0.25, -0.2) is 0 Å². The van der Waals surface area contributed by atoms with Gasteiger partial charge in [-0.15, -0.1) is 0 Å². The molecule has 3 heteroatoms. The minimum Gasteiger partial charge on any atom is -0.355 e. The average molecular weight is 214 g/mol. The third-order valence-corrected chi connectivity index (χ3v) is 3.36. The topological polar surface area (TPSA) is 35.5 Å². The van der Waals surface area contributed by atoms with Crippen LogP contribution >= 0.6 is 0 Å². The molecule has 1 aliphatic carbocycles. The van der Waals surface area contributed by atoms with E-state index in [1.807, 2.05) is 6.92 Å². The second-order valence-corrected chi connectivity index (χ2v) is 4.24. The van der Waals surface area contributed by atoms with E-state index in [1.165, 1.54) is 12.8 Å². The highest BCUT2D eigenvalue weighted by atomic mass is 16.7. The van der Waals surface area contributed by atoms with Crippen LogP contribution in [0.25, 0.3) is 0 Å². The van der Waals surface area contributed by atoms with E-state index in [1.54, 1.807) is 14.2 Å². The molecule has 0 aromatic rings. The Kier molecular flexibility index (Phi) is 5.26. The van der Waals surface area contributed by atoms with E-state index >= 15 is 0 Å². The highest BCUT2D eigenvalue weighted by Gasteiger charge is 2.33. The van der Waals surface area contributed by atoms with E-state index in [0.29, 0.717) is 5.78 Å². The van der Waals surface area contributed by atoms with Crippen molar-refractivity contribution in [1.82, 2.24) is 0 Å². The van der Waals surface area contributed by atoms with Gasteiger partial charge in [-0.2, -0.15) is 0 Å². The molecule has 1 fully saturated rings. The lowest BCUT2D eigenvalue weighted by Gasteiger charge is -2.24. The largest absolute Gasteiger partial charge is 0.355 e. The molecule has 0 aromatic carbocycles. The summed E-state index contributed by atoms with van der Waals surface area (Å²) in [4.78, 5) is 12.2. The molecule has 0 bridgehead atoms. The van der Waals surface area contributed by atoms with Crippen molar-refractivity contribution in [2.45, 2.75) is 45.3 Å². The molecule has 1 aliphatic rings. The van der Waals surface area contributed by atoms with Gasteiger partial charge >= 0.3 is 0 Å². The molecule has 3 nitrogen and oxygen atoms in total. The Labute approximate surface area is 92.1 Å². The van der Waals surface area contributed by atoms with Crippen molar-refractivity contribution in [3.8, 4) is 0 Å². The first kappa shape index (κ1) is 12.7. The van der Waals surface area contributed by atoms with Crippen LogP contribution in [0, 0.1) is 11.8 Å². The maximum atomic E-state index is 12.2. The van der Waals surface area contributed by atoms with Crippen LogP contribution in [0.4, 0.5) is 0 Å². The fraction of sp³-hybridized carbons (Fsp3) is 0.917. The number of ether oxygens (including phenoxy) is 2. The smallest absolute Gasteiger partial charge is 0.166 e. The fourth-order valence-electron chi connectivity index (χ4n) is 2.47. The highest BCUT2D eigenvalue weighted by molar-refractivity contribution is 5.84. The third kappa shape index (κ3) is 3.02. The molecule has 0 amide bonds. The summed E-state index contributed by atoms with van der Waals surface area (Å²) in [5.74, 6) is 0.495. The Hall–Kier alpha value is -0.410. The second-order valence-electron chi connectivity index (χ2n) is 4.24. The summed E-state index contributed by atoms with van der Waals surface area (Å²) in [7, 11) is 3.19. The zero-order chi connectivity index (χ0) is 11.3. The second kappa shape index (κ2) is 6.23. The number of rotatable bonds is 6. The Balaban J connectivity index is 2.59. The van der Waals surface area contributed by atoms with Crippen LogP contribution in [-0.4, -0.2) is 26.3 Å². The van der Waals surface area contributed by atoms with Gasteiger partial charge in [0.2, 0.25) is 0 Å². The molecular weight excluding hydrogens is 192 g/mol. The number of methoxy groups -OCH3 is 2. The fourth-order valence-corrected chi connectivity index (χ4v) is 2.47. The first-order chi connectivity index (χ1) is 7.24. The van der Waals surface area contributed by atoms with E-state index < -0.39 is 0 Å². The lowest BCUT2D eigenvalue weighted by Crippen LogP contribution is -2.34. The summed E-state index contributed by atoms with van der Waals surface area (Å²) in [6, 6.07) is 0. The van der Waals surface area contributed by atoms with Crippen LogP contribution in [0.5, 0.6) is 0 Å². The van der Waals surface area contributed by atoms with Crippen molar-refractivity contribution in [3.05, 3.63) is 0 Å². The van der Waals surface area contributed by atoms with Crippen LogP contribution in [0.1, 0.15) is 39.0 Å². The maximum absolute atomic E-state index is 12.2. The third-order valence-electron chi connectivity index (χ3n) is 3.36. The summed E-state index contributed by atoms with van der Waals surface area (Å²) in [6.45, 7) is 2.02. The van der Waals surface area contributed by atoms with Gasteiger partial charge in [-0.3, -0.25) is 4.79 Å². The molecule has 0 radical (unpaired) electrons. The number of carbonyl (C=O) groups excluding carboxylic acids is 1. The van der Waals surface area contributed by atoms with Crippen molar-refractivity contribution in [2.24, 2.45) is 11.8 Å². The van der Waals surface area contributed by atoms with Crippen molar-refractivity contribution in [3.63, 3.8) is 0 Å². The SMILES string of the molecule is CCC(C(=O)C1CCCC1)C(OC)OC. The van der Waals surface area contributed by atoms with Crippen LogP contribution in [0.3, 0.4) is 0 Å². The Morgan fingerprint density at radius 2 is 1.80 bits per heavy atom. The van der Waals surface area contributed by atoms with E-state index in [0.717, 1.165) is 19.3 Å². The lowest BCUT2D eigenvalue weighted by atomic mass is 9.89. The lowest BCUT2D eigenvalue weighted by molar-refractivity contribution is -0.159. The Morgan fingerprint density at radius 1 is 1.27 bits per heavy atom. The predicted molar refractivity (Wildman–Crippen MR) is 58.6 cm³/mol. The van der Waals surface area contributed by atoms with E-state index in [-0.39, 0.29) is 18.1 Å². The zero-order valence-electron chi connectivity index (χ0n) is 9.99. The molecule has 0 saturated heterocycles. The normalized spacial score (nSPS) is 19.7. The molecule has 1 rings (SSSR count). The van der Waals surface area contributed by atoms with Gasteiger partial charge in [0, 0.05) is 20.1 Å². The summed E-state index contributed by atoms with van der Waals surface area (Å²) in [5.41, 5.74) is 0. The van der Waals surface area contributed by atoms with Gasteiger partial charge in [0.1, 0.15) is 5.78 Å². The zero-order valence-corrected chi connectivity index (χ0v) is 9.99. The van der Waals surface area contributed by atoms with Crippen LogP contribution in [0.2, 0.25) is 0 Å². The molecular formula is C12H22O3. The minimum absolute atomic E-state index is 0.0944. The number of Topliss-reactive ketones (excluding diaryl/α,β-unsaturated/α-hetero) is 1. The Morgan fingerprint density at radius 3 is 2.20 bits per heavy atom. The van der Waals surface area contributed by atoms with Gasteiger partial charge in [0.05, 0.1) is 5.92 Å². The summed E-state index contributed by atoms with van der Waals surface area (Å²) < 4.78 is 10.4. The molecule has 88 valence electrons. The number of hydrogen-bond acceptors (Lipinski definition) is 3. The molecule has 0 aliphatic heterocycles. The van der Waals surface area contributed by atoms with Crippen LogP contribution < -0.4 is 0 Å². The summed E-state index contributed by atoms with van der Waals surface area (Å²) in [6.07, 6.45) is 4.91. The molecule has 1 atom stereocenters. The summed E-state index contributed by atoms with van der Waals surface area (Å²) >= 11 is 0. The minimum atomic E-state index is -0.372. The molecule has 0 heterocycles. The Bertz CT molecular complexity index is 193. The molecule has 0 aromatic heterocycles. The molecule has 0 N–H and O–H groups in total. The molecule has 1 unspecified atom stereocenters. The number of hydrogen-bond donors (Lipinski definition) is 0.